The van der Waals surface area contributed by atoms with Gasteiger partial charge in [-0.2, -0.15) is 12.7 Å². The number of nitrogens with zero attached hydrogens (tertiary/aromatic N) is 3. The van der Waals surface area contributed by atoms with Gasteiger partial charge >= 0.3 is 10.2 Å². The Morgan fingerprint density at radius 1 is 1.03 bits per heavy atom. The van der Waals surface area contributed by atoms with Crippen LogP contribution in [0.1, 0.15) is 35.1 Å². The van der Waals surface area contributed by atoms with Gasteiger partial charge in [-0.05, 0) is 68.1 Å². The van der Waals surface area contributed by atoms with Crippen molar-refractivity contribution >= 4 is 21.8 Å². The molecule has 1 saturated heterocycles. The Morgan fingerprint density at radius 3 is 2.34 bits per heavy atom. The van der Waals surface area contributed by atoms with Crippen LogP contribution in [-0.4, -0.2) is 57.3 Å². The Hall–Kier alpha value is -2.42. The molecule has 1 heterocycles. The summed E-state index contributed by atoms with van der Waals surface area (Å²) >= 11 is 0. The van der Waals surface area contributed by atoms with Gasteiger partial charge in [0.15, 0.2) is 0 Å². The highest BCUT2D eigenvalue weighted by Crippen LogP contribution is 2.25. The molecule has 0 unspecified atom stereocenters. The maximum absolute atomic E-state index is 13.0. The second-order valence-electron chi connectivity index (χ2n) is 8.62. The van der Waals surface area contributed by atoms with Gasteiger partial charge in [-0.3, -0.25) is 9.69 Å². The van der Waals surface area contributed by atoms with Crippen molar-refractivity contribution in [1.29, 1.82) is 0 Å². The summed E-state index contributed by atoms with van der Waals surface area (Å²) in [6, 6.07) is 13.7. The van der Waals surface area contributed by atoms with E-state index in [2.05, 4.69) is 16.3 Å². The van der Waals surface area contributed by atoms with Crippen molar-refractivity contribution in [2.75, 3.05) is 38.0 Å². The molecule has 2 aromatic carbocycles. The van der Waals surface area contributed by atoms with Crippen LogP contribution in [0.5, 0.6) is 0 Å². The van der Waals surface area contributed by atoms with Crippen molar-refractivity contribution in [1.82, 2.24) is 14.5 Å². The van der Waals surface area contributed by atoms with Crippen molar-refractivity contribution in [3.8, 4) is 0 Å². The zero-order chi connectivity index (χ0) is 23.3. The lowest BCUT2D eigenvalue weighted by molar-refractivity contribution is -0.119. The van der Waals surface area contributed by atoms with Crippen molar-refractivity contribution < 1.29 is 13.2 Å². The largest absolute Gasteiger partial charge is 0.350 e. The average molecular weight is 459 g/mol. The zero-order valence-electron chi connectivity index (χ0n) is 19.5. The Kier molecular flexibility index (Phi) is 7.92. The highest BCUT2D eigenvalue weighted by molar-refractivity contribution is 7.90. The minimum absolute atomic E-state index is 0.279. The normalized spacial score (nSPS) is 14.7. The SMILES string of the molecule is Cc1ccc(C)c(N(CC(=O)NCc2ccccc2CN2CCCC2)S(=O)(=O)N(C)C)c1. The Bertz CT molecular complexity index is 1050. The third-order valence-corrected chi connectivity index (χ3v) is 7.65. The van der Waals surface area contributed by atoms with Crippen molar-refractivity contribution in [2.45, 2.75) is 39.8 Å². The molecule has 1 aliphatic rings. The standard InChI is InChI=1S/C24H34N4O3S/c1-19-11-12-20(2)23(15-19)28(32(30,31)26(3)4)18-24(29)25-16-21-9-5-6-10-22(21)17-27-13-7-8-14-27/h5-6,9-12,15H,7-8,13-14,16-18H2,1-4H3,(H,25,29). The van der Waals surface area contributed by atoms with Crippen molar-refractivity contribution in [3.63, 3.8) is 0 Å². The van der Waals surface area contributed by atoms with Gasteiger partial charge in [0.1, 0.15) is 6.54 Å². The van der Waals surface area contributed by atoms with Crippen molar-refractivity contribution in [3.05, 3.63) is 64.7 Å². The fraction of sp³-hybridized carbons (Fsp3) is 0.458. The predicted octanol–water partition coefficient (Wildman–Crippen LogP) is 2.83. The number of likely N-dealkylation sites (tertiary alicyclic amines) is 1. The van der Waals surface area contributed by atoms with Gasteiger partial charge < -0.3 is 5.32 Å². The summed E-state index contributed by atoms with van der Waals surface area (Å²) in [5, 5.41) is 2.93. The smallest absolute Gasteiger partial charge is 0.304 e. The molecule has 0 radical (unpaired) electrons. The maximum atomic E-state index is 13.0. The Morgan fingerprint density at radius 2 is 1.69 bits per heavy atom. The Labute approximate surface area is 192 Å². The lowest BCUT2D eigenvalue weighted by atomic mass is 10.1. The lowest BCUT2D eigenvalue weighted by Crippen LogP contribution is -2.46. The number of hydrogen-bond acceptors (Lipinski definition) is 4. The Balaban J connectivity index is 1.74. The van der Waals surface area contributed by atoms with E-state index in [0.29, 0.717) is 12.2 Å². The van der Waals surface area contributed by atoms with E-state index in [0.717, 1.165) is 40.6 Å². The van der Waals surface area contributed by atoms with E-state index in [4.69, 9.17) is 0 Å². The summed E-state index contributed by atoms with van der Waals surface area (Å²) in [5.74, 6) is -0.340. The summed E-state index contributed by atoms with van der Waals surface area (Å²) in [6.07, 6.45) is 2.46. The van der Waals surface area contributed by atoms with Gasteiger partial charge in [0.05, 0.1) is 5.69 Å². The average Bonchev–Trinajstić information content (AvgIpc) is 3.26. The van der Waals surface area contributed by atoms with Crippen molar-refractivity contribution in [2.24, 2.45) is 0 Å². The van der Waals surface area contributed by atoms with E-state index in [1.165, 1.54) is 36.8 Å². The van der Waals surface area contributed by atoms with Crippen LogP contribution in [0, 0.1) is 13.8 Å². The van der Waals surface area contributed by atoms with E-state index in [1.54, 1.807) is 6.07 Å². The number of nitrogens with one attached hydrogen (secondary N) is 1. The molecule has 1 amide bonds. The summed E-state index contributed by atoms with van der Waals surface area (Å²) in [4.78, 5) is 15.3. The van der Waals surface area contributed by atoms with Gasteiger partial charge in [-0.15, -0.1) is 0 Å². The molecule has 1 N–H and O–H groups in total. The second kappa shape index (κ2) is 10.5. The molecule has 2 aromatic rings. The van der Waals surface area contributed by atoms with E-state index < -0.39 is 10.2 Å². The molecule has 0 aromatic heterocycles. The number of benzene rings is 2. The maximum Gasteiger partial charge on any atom is 0.304 e. The van der Waals surface area contributed by atoms with Gasteiger partial charge in [0, 0.05) is 27.2 Å². The first-order valence-electron chi connectivity index (χ1n) is 11.0. The fourth-order valence-electron chi connectivity index (χ4n) is 3.92. The van der Waals surface area contributed by atoms with Gasteiger partial charge in [-0.1, -0.05) is 36.4 Å². The predicted molar refractivity (Wildman–Crippen MR) is 129 cm³/mol. The molecule has 3 rings (SSSR count). The molecule has 0 saturated carbocycles. The molecule has 32 heavy (non-hydrogen) atoms. The third-order valence-electron chi connectivity index (χ3n) is 5.85. The first-order valence-corrected chi connectivity index (χ1v) is 12.4. The first kappa shape index (κ1) is 24.2. The van der Waals surface area contributed by atoms with Crippen LogP contribution in [0.25, 0.3) is 0 Å². The molecule has 1 fully saturated rings. The number of carbonyl (C=O) groups excluding carboxylic acids is 1. The molecule has 0 bridgehead atoms. The van der Waals surface area contributed by atoms with Crippen LogP contribution in [0.15, 0.2) is 42.5 Å². The van der Waals surface area contributed by atoms with Crippen LogP contribution in [0.4, 0.5) is 5.69 Å². The number of carbonyl (C=O) groups is 1. The fourth-order valence-corrected chi connectivity index (χ4v) is 5.04. The molecular formula is C24H34N4O3S. The number of rotatable bonds is 9. The molecule has 7 nitrogen and oxygen atoms in total. The van der Waals surface area contributed by atoms with Gasteiger partial charge in [0.2, 0.25) is 5.91 Å². The topological polar surface area (TPSA) is 73.0 Å². The number of amides is 1. The summed E-state index contributed by atoms with van der Waals surface area (Å²) in [5.41, 5.74) is 4.50. The molecule has 0 aliphatic carbocycles. The van der Waals surface area contributed by atoms with Crippen LogP contribution in [0.3, 0.4) is 0 Å². The summed E-state index contributed by atoms with van der Waals surface area (Å²) < 4.78 is 28.3. The van der Waals surface area contributed by atoms with Gasteiger partial charge in [0.25, 0.3) is 0 Å². The molecule has 0 atom stereocenters. The minimum atomic E-state index is -3.83. The molecule has 0 spiro atoms. The van der Waals surface area contributed by atoms with E-state index in [-0.39, 0.29) is 12.5 Å². The monoisotopic (exact) mass is 458 g/mol. The number of anilines is 1. The second-order valence-corrected chi connectivity index (χ2v) is 10.7. The first-order chi connectivity index (χ1) is 15.2. The zero-order valence-corrected chi connectivity index (χ0v) is 20.3. The highest BCUT2D eigenvalue weighted by Gasteiger charge is 2.28. The third kappa shape index (κ3) is 5.88. The van der Waals surface area contributed by atoms with Crippen LogP contribution >= 0.6 is 0 Å². The molecule has 8 heteroatoms. The van der Waals surface area contributed by atoms with Gasteiger partial charge in [-0.25, -0.2) is 4.31 Å². The summed E-state index contributed by atoms with van der Waals surface area (Å²) in [7, 11) is -0.890. The van der Waals surface area contributed by atoms with Crippen LogP contribution < -0.4 is 9.62 Å². The van der Waals surface area contributed by atoms with Crippen LogP contribution in [-0.2, 0) is 28.1 Å². The number of hydrogen-bond donors (Lipinski definition) is 1. The van der Waals surface area contributed by atoms with E-state index in [9.17, 15) is 13.2 Å². The van der Waals surface area contributed by atoms with E-state index >= 15 is 0 Å². The lowest BCUT2D eigenvalue weighted by Gasteiger charge is -2.28. The minimum Gasteiger partial charge on any atom is -0.350 e. The highest BCUT2D eigenvalue weighted by atomic mass is 32.2. The van der Waals surface area contributed by atoms with Crippen LogP contribution in [0.2, 0.25) is 0 Å². The number of aryl methyl sites for hydroxylation is 2. The molecular weight excluding hydrogens is 424 g/mol. The molecule has 1 aliphatic heterocycles. The molecule has 174 valence electrons. The van der Waals surface area contributed by atoms with E-state index in [1.807, 2.05) is 44.2 Å². The quantitative estimate of drug-likeness (QED) is 0.627. The summed E-state index contributed by atoms with van der Waals surface area (Å²) in [6.45, 7) is 6.92.